The molecule has 0 saturated carbocycles. The number of nitrogens with one attached hydrogen (secondary N) is 1. The van der Waals surface area contributed by atoms with Crippen LogP contribution in [0.25, 0.3) is 16.7 Å². The number of amides is 1. The number of carbonyl (C=O) groups is 1. The van der Waals surface area contributed by atoms with Crippen LogP contribution in [0.2, 0.25) is 0 Å². The topological polar surface area (TPSA) is 131 Å². The van der Waals surface area contributed by atoms with Crippen LogP contribution in [0.3, 0.4) is 0 Å². The first kappa shape index (κ1) is 23.5. The number of fused-ring (bicyclic) bond motifs is 1. The van der Waals surface area contributed by atoms with Gasteiger partial charge in [0.25, 0.3) is 11.6 Å². The van der Waals surface area contributed by atoms with Crippen LogP contribution in [0.1, 0.15) is 21.6 Å². The van der Waals surface area contributed by atoms with Gasteiger partial charge in [-0.3, -0.25) is 14.9 Å². The Balaban J connectivity index is 1.79. The highest BCUT2D eigenvalue weighted by molar-refractivity contribution is 6.07. The van der Waals surface area contributed by atoms with Crippen molar-refractivity contribution in [3.05, 3.63) is 69.4 Å². The molecular weight excluding hydrogens is 454 g/mol. The molecular formula is C24H23N5O6. The molecule has 0 unspecified atom stereocenters. The number of nitro benzene ring substituents is 1. The molecule has 0 spiro atoms. The average Bonchev–Trinajstić information content (AvgIpc) is 3.22. The summed E-state index contributed by atoms with van der Waals surface area (Å²) in [6.45, 7) is 3.70. The summed E-state index contributed by atoms with van der Waals surface area (Å²) in [6.07, 6.45) is 0. The number of hydrogen-bond acceptors (Lipinski definition) is 8. The van der Waals surface area contributed by atoms with Gasteiger partial charge in [-0.1, -0.05) is 12.1 Å². The molecule has 0 aliphatic rings. The van der Waals surface area contributed by atoms with E-state index >= 15 is 0 Å². The predicted octanol–water partition coefficient (Wildman–Crippen LogP) is 4.22. The fourth-order valence-electron chi connectivity index (χ4n) is 3.80. The summed E-state index contributed by atoms with van der Waals surface area (Å²) in [5.41, 5.74) is 1.58. The lowest BCUT2D eigenvalue weighted by atomic mass is 10.1. The Labute approximate surface area is 200 Å². The number of anilines is 1. The zero-order valence-corrected chi connectivity index (χ0v) is 19.8. The van der Waals surface area contributed by atoms with E-state index in [0.29, 0.717) is 22.8 Å². The van der Waals surface area contributed by atoms with E-state index in [4.69, 9.17) is 19.2 Å². The molecule has 1 N–H and O–H groups in total. The minimum absolute atomic E-state index is 0.140. The first-order valence-corrected chi connectivity index (χ1v) is 10.5. The van der Waals surface area contributed by atoms with Crippen LogP contribution in [0.5, 0.6) is 17.2 Å². The van der Waals surface area contributed by atoms with E-state index in [9.17, 15) is 14.9 Å². The number of nitrogens with zero attached hydrogens (tertiary/aromatic N) is 4. The summed E-state index contributed by atoms with van der Waals surface area (Å²) in [6, 6.07) is 11.5. The highest BCUT2D eigenvalue weighted by atomic mass is 16.6. The zero-order valence-electron chi connectivity index (χ0n) is 19.8. The van der Waals surface area contributed by atoms with Gasteiger partial charge in [0, 0.05) is 17.5 Å². The second-order valence-electron chi connectivity index (χ2n) is 7.67. The number of benzene rings is 2. The van der Waals surface area contributed by atoms with E-state index < -0.39 is 16.5 Å². The summed E-state index contributed by atoms with van der Waals surface area (Å²) < 4.78 is 17.3. The van der Waals surface area contributed by atoms with Gasteiger partial charge < -0.3 is 19.5 Å². The largest absolute Gasteiger partial charge is 0.494 e. The maximum absolute atomic E-state index is 13.2. The van der Waals surface area contributed by atoms with Crippen LogP contribution in [0, 0.1) is 24.0 Å². The van der Waals surface area contributed by atoms with Crippen molar-refractivity contribution in [1.29, 1.82) is 0 Å². The highest BCUT2D eigenvalue weighted by Crippen LogP contribution is 2.35. The number of carbonyl (C=O) groups excluding carboxylic acids is 1. The van der Waals surface area contributed by atoms with Crippen molar-refractivity contribution < 1.29 is 23.9 Å². The minimum atomic E-state index is -0.714. The van der Waals surface area contributed by atoms with Crippen LogP contribution in [-0.4, -0.2) is 46.9 Å². The van der Waals surface area contributed by atoms with E-state index in [-0.39, 0.29) is 22.9 Å². The molecule has 11 nitrogen and oxygen atoms in total. The zero-order chi connectivity index (χ0) is 25.3. The Morgan fingerprint density at radius 2 is 1.69 bits per heavy atom. The smallest absolute Gasteiger partial charge is 0.286 e. The molecule has 11 heteroatoms. The average molecular weight is 477 g/mol. The Morgan fingerprint density at radius 3 is 2.34 bits per heavy atom. The van der Waals surface area contributed by atoms with Crippen molar-refractivity contribution in [3.63, 3.8) is 0 Å². The molecule has 0 aliphatic carbocycles. The first-order chi connectivity index (χ1) is 16.8. The standard InChI is InChI=1S/C24H23N5O6/c1-13-9-21(25-23-15(13)7-6-8-18(23)33-3)28-22(10-14(2)27-28)26-24(30)16-11-19(34-4)20(35-5)12-17(16)29(31)32/h6-12H,1-5H3,(H,26,30). The molecule has 0 fully saturated rings. The second kappa shape index (κ2) is 9.29. The Hall–Kier alpha value is -4.67. The van der Waals surface area contributed by atoms with Crippen LogP contribution in [0.15, 0.2) is 42.5 Å². The Kier molecular flexibility index (Phi) is 6.24. The van der Waals surface area contributed by atoms with Gasteiger partial charge in [-0.2, -0.15) is 9.78 Å². The number of methoxy groups -OCH3 is 3. The lowest BCUT2D eigenvalue weighted by molar-refractivity contribution is -0.385. The van der Waals surface area contributed by atoms with Crippen molar-refractivity contribution in [2.24, 2.45) is 0 Å². The summed E-state index contributed by atoms with van der Waals surface area (Å²) in [7, 11) is 4.31. The molecule has 0 saturated heterocycles. The van der Waals surface area contributed by atoms with Gasteiger partial charge in [0.05, 0.1) is 38.0 Å². The van der Waals surface area contributed by atoms with Crippen molar-refractivity contribution in [2.75, 3.05) is 26.6 Å². The summed E-state index contributed by atoms with van der Waals surface area (Å²) in [4.78, 5) is 28.9. The van der Waals surface area contributed by atoms with Gasteiger partial charge in [-0.05, 0) is 31.5 Å². The van der Waals surface area contributed by atoms with E-state index in [0.717, 1.165) is 17.0 Å². The molecule has 2 heterocycles. The SMILES string of the molecule is COc1cc(C(=O)Nc2cc(C)nn2-c2cc(C)c3cccc(OC)c3n2)c([N+](=O)[O-])cc1OC. The van der Waals surface area contributed by atoms with Gasteiger partial charge in [0.1, 0.15) is 22.6 Å². The molecule has 2 aromatic heterocycles. The van der Waals surface area contributed by atoms with E-state index in [1.807, 2.05) is 31.2 Å². The summed E-state index contributed by atoms with van der Waals surface area (Å²) >= 11 is 0. The third kappa shape index (κ3) is 4.31. The number of aryl methyl sites for hydroxylation is 2. The third-order valence-electron chi connectivity index (χ3n) is 5.45. The van der Waals surface area contributed by atoms with Crippen LogP contribution < -0.4 is 19.5 Å². The molecule has 4 aromatic rings. The van der Waals surface area contributed by atoms with Crippen LogP contribution >= 0.6 is 0 Å². The van der Waals surface area contributed by atoms with Gasteiger partial charge in [-0.15, -0.1) is 0 Å². The van der Waals surface area contributed by atoms with Crippen molar-refractivity contribution in [3.8, 4) is 23.1 Å². The molecule has 35 heavy (non-hydrogen) atoms. The number of hydrogen-bond donors (Lipinski definition) is 1. The first-order valence-electron chi connectivity index (χ1n) is 10.5. The fourth-order valence-corrected chi connectivity index (χ4v) is 3.80. The van der Waals surface area contributed by atoms with Crippen molar-refractivity contribution in [2.45, 2.75) is 13.8 Å². The van der Waals surface area contributed by atoms with Crippen LogP contribution in [-0.2, 0) is 0 Å². The number of aromatic nitrogens is 3. The molecule has 0 radical (unpaired) electrons. The van der Waals surface area contributed by atoms with E-state index in [2.05, 4.69) is 10.4 Å². The highest BCUT2D eigenvalue weighted by Gasteiger charge is 2.26. The summed E-state index contributed by atoms with van der Waals surface area (Å²) in [5, 5.41) is 19.8. The number of nitro groups is 1. The number of ether oxygens (including phenoxy) is 3. The monoisotopic (exact) mass is 477 g/mol. The van der Waals surface area contributed by atoms with Gasteiger partial charge in [0.2, 0.25) is 0 Å². The van der Waals surface area contributed by atoms with E-state index in [1.165, 1.54) is 25.0 Å². The van der Waals surface area contributed by atoms with Gasteiger partial charge >= 0.3 is 0 Å². The van der Waals surface area contributed by atoms with Gasteiger partial charge in [0.15, 0.2) is 17.3 Å². The second-order valence-corrected chi connectivity index (χ2v) is 7.67. The molecule has 180 valence electrons. The van der Waals surface area contributed by atoms with E-state index in [1.54, 1.807) is 20.1 Å². The molecule has 0 bridgehead atoms. The molecule has 0 atom stereocenters. The van der Waals surface area contributed by atoms with Gasteiger partial charge in [-0.25, -0.2) is 4.98 Å². The van der Waals surface area contributed by atoms with Crippen LogP contribution in [0.4, 0.5) is 11.5 Å². The molecule has 4 rings (SSSR count). The molecule has 1 amide bonds. The van der Waals surface area contributed by atoms with Crippen molar-refractivity contribution >= 4 is 28.3 Å². The third-order valence-corrected chi connectivity index (χ3v) is 5.45. The predicted molar refractivity (Wildman–Crippen MR) is 129 cm³/mol. The fraction of sp³-hybridized carbons (Fsp3) is 0.208. The maximum atomic E-state index is 13.2. The minimum Gasteiger partial charge on any atom is -0.494 e. The lowest BCUT2D eigenvalue weighted by Gasteiger charge is -2.13. The Bertz CT molecular complexity index is 1460. The van der Waals surface area contributed by atoms with Crippen molar-refractivity contribution in [1.82, 2.24) is 14.8 Å². The number of para-hydroxylation sites is 1. The quantitative estimate of drug-likeness (QED) is 0.309. The molecule has 0 aliphatic heterocycles. The molecule has 2 aromatic carbocycles. The normalized spacial score (nSPS) is 10.8. The Morgan fingerprint density at radius 1 is 1.00 bits per heavy atom. The number of pyridine rings is 1. The summed E-state index contributed by atoms with van der Waals surface area (Å²) in [5.74, 6) is 0.951. The maximum Gasteiger partial charge on any atom is 0.286 e. The lowest BCUT2D eigenvalue weighted by Crippen LogP contribution is -2.17. The number of rotatable bonds is 7.